The van der Waals surface area contributed by atoms with Crippen LogP contribution in [0.1, 0.15) is 20.8 Å². The highest BCUT2D eigenvalue weighted by atomic mass is 35.5. The van der Waals surface area contributed by atoms with E-state index in [2.05, 4.69) is 44.2 Å². The lowest BCUT2D eigenvalue weighted by Gasteiger charge is -2.35. The van der Waals surface area contributed by atoms with Gasteiger partial charge in [0.1, 0.15) is 6.61 Å². The molecule has 0 radical (unpaired) electrons. The Balaban J connectivity index is 1.85. The lowest BCUT2D eigenvalue weighted by Crippen LogP contribution is -2.40. The van der Waals surface area contributed by atoms with Crippen LogP contribution >= 0.6 is 23.2 Å². The van der Waals surface area contributed by atoms with E-state index in [0.29, 0.717) is 44.9 Å². The topological polar surface area (TPSA) is 82.8 Å². The first-order chi connectivity index (χ1) is 16.4. The Bertz CT molecular complexity index is 1270. The van der Waals surface area contributed by atoms with Crippen LogP contribution in [0.2, 0.25) is 28.2 Å². The standard InChI is InChI=1S/C25H30Cl2N2O5Si/c1-25(2,3)35(5,6)33-12-8-7-11-32-24-20(31-4)10-9-16-19(13-21(30)34-23(16)24)29-22-17(26)14-28-15-18(22)27/h7-10,13-15H,11-12H2,1-6H3,(H,28,29). The molecule has 0 fully saturated rings. The number of anilines is 2. The van der Waals surface area contributed by atoms with Gasteiger partial charge in [0.05, 0.1) is 35.1 Å². The highest BCUT2D eigenvalue weighted by molar-refractivity contribution is 6.74. The first-order valence-corrected chi connectivity index (χ1v) is 14.7. The number of aromatic nitrogens is 1. The van der Waals surface area contributed by atoms with Crippen LogP contribution in [0.15, 0.2) is 52.0 Å². The van der Waals surface area contributed by atoms with Crippen LogP contribution in [0, 0.1) is 0 Å². The largest absolute Gasteiger partial charge is 0.493 e. The van der Waals surface area contributed by atoms with Crippen molar-refractivity contribution in [2.45, 2.75) is 38.9 Å². The second-order valence-corrected chi connectivity index (χ2v) is 15.0. The summed E-state index contributed by atoms with van der Waals surface area (Å²) in [6, 6.07) is 4.82. The molecule has 0 unspecified atom stereocenters. The first-order valence-electron chi connectivity index (χ1n) is 11.1. The number of hydrogen-bond donors (Lipinski definition) is 1. The Morgan fingerprint density at radius 2 is 1.77 bits per heavy atom. The Labute approximate surface area is 216 Å². The molecule has 0 spiro atoms. The molecule has 0 saturated carbocycles. The molecule has 2 heterocycles. The number of nitrogens with zero attached hydrogens (tertiary/aromatic N) is 1. The first kappa shape index (κ1) is 27.1. The zero-order chi connectivity index (χ0) is 25.8. The fourth-order valence-electron chi connectivity index (χ4n) is 2.99. The van der Waals surface area contributed by atoms with Crippen LogP contribution in [0.25, 0.3) is 11.0 Å². The molecule has 7 nitrogen and oxygen atoms in total. The van der Waals surface area contributed by atoms with Crippen LogP contribution in [0.4, 0.5) is 11.4 Å². The van der Waals surface area contributed by atoms with E-state index in [1.165, 1.54) is 25.6 Å². The minimum absolute atomic E-state index is 0.141. The molecule has 35 heavy (non-hydrogen) atoms. The van der Waals surface area contributed by atoms with Crippen LogP contribution in [0.5, 0.6) is 11.5 Å². The van der Waals surface area contributed by atoms with Crippen molar-refractivity contribution >= 4 is 53.9 Å². The molecule has 0 atom stereocenters. The maximum absolute atomic E-state index is 12.4. The van der Waals surface area contributed by atoms with Crippen molar-refractivity contribution in [2.75, 3.05) is 25.6 Å². The summed E-state index contributed by atoms with van der Waals surface area (Å²) in [7, 11) is -0.303. The minimum Gasteiger partial charge on any atom is -0.493 e. The van der Waals surface area contributed by atoms with Gasteiger partial charge in [-0.15, -0.1) is 0 Å². The predicted octanol–water partition coefficient (Wildman–Crippen LogP) is 7.20. The lowest BCUT2D eigenvalue weighted by molar-refractivity contribution is 0.316. The molecular formula is C25H30Cl2N2O5Si. The molecular weight excluding hydrogens is 507 g/mol. The number of pyridine rings is 1. The molecule has 3 aromatic rings. The number of benzene rings is 1. The molecule has 0 bridgehead atoms. The van der Waals surface area contributed by atoms with Gasteiger partial charge in [0.2, 0.25) is 5.75 Å². The molecule has 188 valence electrons. The Morgan fingerprint density at radius 1 is 1.11 bits per heavy atom. The van der Waals surface area contributed by atoms with Crippen LogP contribution in [0.3, 0.4) is 0 Å². The minimum atomic E-state index is -1.82. The summed E-state index contributed by atoms with van der Waals surface area (Å²) >= 11 is 12.5. The van der Waals surface area contributed by atoms with Gasteiger partial charge in [0.15, 0.2) is 19.6 Å². The van der Waals surface area contributed by atoms with Gasteiger partial charge < -0.3 is 23.6 Å². The summed E-state index contributed by atoms with van der Waals surface area (Å²) < 4.78 is 23.1. The maximum atomic E-state index is 12.4. The van der Waals surface area contributed by atoms with Gasteiger partial charge in [-0.05, 0) is 36.3 Å². The number of ether oxygens (including phenoxy) is 2. The van der Waals surface area contributed by atoms with E-state index in [0.717, 1.165) is 0 Å². The monoisotopic (exact) mass is 536 g/mol. The lowest BCUT2D eigenvalue weighted by atomic mass is 10.1. The third-order valence-corrected chi connectivity index (χ3v) is 11.1. The molecule has 10 heteroatoms. The van der Waals surface area contributed by atoms with Crippen LogP contribution in [-0.4, -0.2) is 33.6 Å². The predicted molar refractivity (Wildman–Crippen MR) is 144 cm³/mol. The fourth-order valence-corrected chi connectivity index (χ4v) is 4.40. The van der Waals surface area contributed by atoms with Crippen molar-refractivity contribution < 1.29 is 18.3 Å². The molecule has 0 aliphatic heterocycles. The molecule has 1 N–H and O–H groups in total. The summed E-state index contributed by atoms with van der Waals surface area (Å²) in [5.74, 6) is 0.747. The van der Waals surface area contributed by atoms with Gasteiger partial charge >= 0.3 is 5.63 Å². The van der Waals surface area contributed by atoms with Crippen molar-refractivity contribution in [3.63, 3.8) is 0 Å². The normalized spacial score (nSPS) is 12.3. The van der Waals surface area contributed by atoms with E-state index in [9.17, 15) is 4.79 Å². The van der Waals surface area contributed by atoms with E-state index in [1.54, 1.807) is 12.1 Å². The highest BCUT2D eigenvalue weighted by Crippen LogP contribution is 2.40. The van der Waals surface area contributed by atoms with Gasteiger partial charge in [-0.25, -0.2) is 4.79 Å². The maximum Gasteiger partial charge on any atom is 0.338 e. The number of rotatable bonds is 9. The molecule has 0 aliphatic carbocycles. The van der Waals surface area contributed by atoms with Gasteiger partial charge in [-0.1, -0.05) is 50.0 Å². The van der Waals surface area contributed by atoms with Gasteiger partial charge in [0.25, 0.3) is 0 Å². The van der Waals surface area contributed by atoms with E-state index in [-0.39, 0.29) is 17.2 Å². The summed E-state index contributed by atoms with van der Waals surface area (Å²) in [5, 5.41) is 4.47. The van der Waals surface area contributed by atoms with E-state index in [1.807, 2.05) is 12.2 Å². The molecule has 2 aromatic heterocycles. The van der Waals surface area contributed by atoms with Crippen molar-refractivity contribution in [3.8, 4) is 11.5 Å². The van der Waals surface area contributed by atoms with Crippen molar-refractivity contribution in [2.24, 2.45) is 0 Å². The Kier molecular flexibility index (Phi) is 8.53. The second-order valence-electron chi connectivity index (χ2n) is 9.41. The summed E-state index contributed by atoms with van der Waals surface area (Å²) in [4.78, 5) is 16.3. The zero-order valence-electron chi connectivity index (χ0n) is 20.7. The van der Waals surface area contributed by atoms with Crippen molar-refractivity contribution in [1.29, 1.82) is 0 Å². The van der Waals surface area contributed by atoms with E-state index in [4.69, 9.17) is 41.5 Å². The molecule has 0 amide bonds. The molecule has 3 rings (SSSR count). The third kappa shape index (κ3) is 6.38. The summed E-state index contributed by atoms with van der Waals surface area (Å²) in [6.45, 7) is 11.8. The number of hydrogen-bond acceptors (Lipinski definition) is 7. The highest BCUT2D eigenvalue weighted by Gasteiger charge is 2.36. The average Bonchev–Trinajstić information content (AvgIpc) is 2.77. The van der Waals surface area contributed by atoms with Gasteiger partial charge in [0, 0.05) is 23.8 Å². The van der Waals surface area contributed by atoms with Gasteiger partial charge in [-0.3, -0.25) is 4.98 Å². The molecule has 0 aliphatic rings. The molecule has 0 saturated heterocycles. The fraction of sp³-hybridized carbons (Fsp3) is 0.360. The summed E-state index contributed by atoms with van der Waals surface area (Å²) in [5.41, 5.74) is 0.555. The van der Waals surface area contributed by atoms with E-state index >= 15 is 0 Å². The number of halogens is 2. The zero-order valence-corrected chi connectivity index (χ0v) is 23.2. The number of nitrogens with one attached hydrogen (secondary N) is 1. The number of fused-ring (bicyclic) bond motifs is 1. The second kappa shape index (κ2) is 11.0. The molecule has 1 aromatic carbocycles. The van der Waals surface area contributed by atoms with Crippen molar-refractivity contribution in [1.82, 2.24) is 4.98 Å². The summed E-state index contributed by atoms with van der Waals surface area (Å²) in [6.07, 6.45) is 6.71. The number of methoxy groups -OCH3 is 1. The smallest absolute Gasteiger partial charge is 0.338 e. The average molecular weight is 538 g/mol. The van der Waals surface area contributed by atoms with Crippen molar-refractivity contribution in [3.05, 3.63) is 63.2 Å². The van der Waals surface area contributed by atoms with E-state index < -0.39 is 13.9 Å². The third-order valence-electron chi connectivity index (χ3n) is 6.00. The van der Waals surface area contributed by atoms with Gasteiger partial charge in [-0.2, -0.15) is 0 Å². The Morgan fingerprint density at radius 3 is 2.40 bits per heavy atom. The Hall–Kier alpha value is -2.52. The van der Waals surface area contributed by atoms with Crippen LogP contribution in [-0.2, 0) is 4.43 Å². The quantitative estimate of drug-likeness (QED) is 0.176. The SMILES string of the molecule is COc1ccc2c(Nc3c(Cl)cncc3Cl)cc(=O)oc2c1OCC=CCO[Si](C)(C)C(C)(C)C. The van der Waals surface area contributed by atoms with Crippen LogP contribution < -0.4 is 20.4 Å².